The van der Waals surface area contributed by atoms with Crippen molar-refractivity contribution in [3.63, 3.8) is 0 Å². The van der Waals surface area contributed by atoms with Crippen molar-refractivity contribution in [2.45, 2.75) is 0 Å². The molecule has 0 aliphatic rings. The summed E-state index contributed by atoms with van der Waals surface area (Å²) < 4.78 is 16.0. The molecule has 3 heterocycles. The van der Waals surface area contributed by atoms with Gasteiger partial charge in [0.2, 0.25) is 0 Å². The van der Waals surface area contributed by atoms with Gasteiger partial charge in [-0.2, -0.15) is 0 Å². The molecule has 13 aromatic rings. The van der Waals surface area contributed by atoms with E-state index < -0.39 is 0 Å². The first-order valence-electron chi connectivity index (χ1n) is 20.8. The third kappa shape index (κ3) is 5.04. The lowest BCUT2D eigenvalue weighted by molar-refractivity contribution is 0.634. The number of aromatic nitrogens is 1. The van der Waals surface area contributed by atoms with E-state index in [1.54, 1.807) is 0 Å². The highest BCUT2D eigenvalue weighted by atomic mass is 16.3. The molecule has 3 nitrogen and oxygen atoms in total. The van der Waals surface area contributed by atoms with Crippen molar-refractivity contribution < 1.29 is 8.83 Å². The molecule has 0 spiro atoms. The lowest BCUT2D eigenvalue weighted by Gasteiger charge is -2.18. The number of rotatable bonds is 5. The van der Waals surface area contributed by atoms with E-state index in [-0.39, 0.29) is 0 Å². The molecular weight excluding hydrogens is 743 g/mol. The van der Waals surface area contributed by atoms with Crippen LogP contribution in [0, 0.1) is 0 Å². The van der Waals surface area contributed by atoms with Crippen molar-refractivity contribution >= 4 is 76.3 Å². The Morgan fingerprint density at radius 3 is 1.49 bits per heavy atom. The summed E-state index contributed by atoms with van der Waals surface area (Å²) in [6.45, 7) is 0. The lowest BCUT2D eigenvalue weighted by atomic mass is 9.85. The van der Waals surface area contributed by atoms with Crippen LogP contribution in [0.3, 0.4) is 0 Å². The highest BCUT2D eigenvalue weighted by Crippen LogP contribution is 2.48. The summed E-state index contributed by atoms with van der Waals surface area (Å²) in [5.74, 6) is 0.861. The van der Waals surface area contributed by atoms with E-state index in [0.717, 1.165) is 66.6 Å². The second-order valence-electron chi connectivity index (χ2n) is 15.9. The van der Waals surface area contributed by atoms with Crippen molar-refractivity contribution in [3.8, 4) is 50.4 Å². The fourth-order valence-corrected chi connectivity index (χ4v) is 9.99. The second kappa shape index (κ2) is 13.2. The van der Waals surface area contributed by atoms with Gasteiger partial charge >= 0.3 is 0 Å². The fourth-order valence-electron chi connectivity index (χ4n) is 9.99. The van der Waals surface area contributed by atoms with E-state index in [2.05, 4.69) is 211 Å². The molecule has 3 aromatic heterocycles. The zero-order valence-electron chi connectivity index (χ0n) is 33.0. The Balaban J connectivity index is 1.02. The highest BCUT2D eigenvalue weighted by molar-refractivity contribution is 6.24. The van der Waals surface area contributed by atoms with Gasteiger partial charge in [-0.25, -0.2) is 0 Å². The van der Waals surface area contributed by atoms with Crippen molar-refractivity contribution in [3.05, 3.63) is 212 Å². The van der Waals surface area contributed by atoms with Crippen LogP contribution in [0.15, 0.2) is 221 Å². The summed E-state index contributed by atoms with van der Waals surface area (Å²) in [5, 5.41) is 10.4. The van der Waals surface area contributed by atoms with Crippen LogP contribution in [-0.4, -0.2) is 4.57 Å². The van der Waals surface area contributed by atoms with Gasteiger partial charge in [-0.3, -0.25) is 0 Å². The second-order valence-corrected chi connectivity index (χ2v) is 15.9. The Bertz CT molecular complexity index is 3800. The monoisotopic (exact) mass is 777 g/mol. The average Bonchev–Trinajstić information content (AvgIpc) is 4.01. The van der Waals surface area contributed by atoms with Gasteiger partial charge in [-0.15, -0.1) is 0 Å². The zero-order valence-corrected chi connectivity index (χ0v) is 33.0. The van der Waals surface area contributed by atoms with Gasteiger partial charge in [0, 0.05) is 38.4 Å². The molecule has 284 valence electrons. The normalized spacial score (nSPS) is 11.9. The van der Waals surface area contributed by atoms with Crippen LogP contribution in [0.5, 0.6) is 0 Å². The van der Waals surface area contributed by atoms with Crippen LogP contribution < -0.4 is 0 Å². The molecule has 13 rings (SSSR count). The van der Waals surface area contributed by atoms with Crippen LogP contribution in [0.4, 0.5) is 0 Å². The summed E-state index contributed by atoms with van der Waals surface area (Å²) in [4.78, 5) is 0. The van der Waals surface area contributed by atoms with Gasteiger partial charge < -0.3 is 13.4 Å². The predicted molar refractivity (Wildman–Crippen MR) is 255 cm³/mol. The Morgan fingerprint density at radius 1 is 0.295 bits per heavy atom. The van der Waals surface area contributed by atoms with Gasteiger partial charge in [0.1, 0.15) is 22.5 Å². The molecule has 0 amide bonds. The van der Waals surface area contributed by atoms with Gasteiger partial charge in [-0.05, 0) is 104 Å². The van der Waals surface area contributed by atoms with Crippen molar-refractivity contribution in [2.24, 2.45) is 0 Å². The van der Waals surface area contributed by atoms with Crippen molar-refractivity contribution in [1.82, 2.24) is 4.57 Å². The number of nitrogens with zero attached hydrogens (tertiary/aromatic N) is 1. The fraction of sp³-hybridized carbons (Fsp3) is 0. The molecule has 0 unspecified atom stereocenters. The third-order valence-corrected chi connectivity index (χ3v) is 12.6. The summed E-state index contributed by atoms with van der Waals surface area (Å²) in [7, 11) is 0. The molecule has 0 aliphatic heterocycles. The molecule has 0 atom stereocenters. The summed E-state index contributed by atoms with van der Waals surface area (Å²) in [6.07, 6.45) is 0. The molecule has 0 bridgehead atoms. The van der Waals surface area contributed by atoms with Gasteiger partial charge in [-0.1, -0.05) is 158 Å². The maximum atomic E-state index is 6.92. The third-order valence-electron chi connectivity index (χ3n) is 12.6. The first-order chi connectivity index (χ1) is 30.3. The molecule has 0 N–H and O–H groups in total. The van der Waals surface area contributed by atoms with Crippen LogP contribution in [0.2, 0.25) is 0 Å². The molecule has 61 heavy (non-hydrogen) atoms. The zero-order chi connectivity index (χ0) is 40.0. The predicted octanol–water partition coefficient (Wildman–Crippen LogP) is 16.4. The molecular formula is C58H35NO2. The van der Waals surface area contributed by atoms with Crippen LogP contribution >= 0.6 is 0 Å². The van der Waals surface area contributed by atoms with E-state index >= 15 is 0 Å². The van der Waals surface area contributed by atoms with E-state index in [0.29, 0.717) is 0 Å². The number of para-hydroxylation sites is 2. The summed E-state index contributed by atoms with van der Waals surface area (Å²) in [5.41, 5.74) is 14.0. The number of hydrogen-bond donors (Lipinski definition) is 0. The van der Waals surface area contributed by atoms with E-state index in [1.165, 1.54) is 60.0 Å². The maximum Gasteiger partial charge on any atom is 0.147 e. The Kier molecular flexibility index (Phi) is 7.31. The number of benzene rings is 10. The topological polar surface area (TPSA) is 31.2 Å². The largest absolute Gasteiger partial charge is 0.456 e. The summed E-state index contributed by atoms with van der Waals surface area (Å²) >= 11 is 0. The maximum absolute atomic E-state index is 6.92. The van der Waals surface area contributed by atoms with Gasteiger partial charge in [0.05, 0.1) is 16.4 Å². The van der Waals surface area contributed by atoms with Crippen molar-refractivity contribution in [2.75, 3.05) is 0 Å². The van der Waals surface area contributed by atoms with Gasteiger partial charge in [0.15, 0.2) is 0 Å². The minimum absolute atomic E-state index is 0.807. The number of fused-ring (bicyclic) bond motifs is 10. The molecule has 0 saturated heterocycles. The molecule has 3 heteroatoms. The Hall–Kier alpha value is -8.14. The van der Waals surface area contributed by atoms with Gasteiger partial charge in [0.25, 0.3) is 0 Å². The van der Waals surface area contributed by atoms with Crippen LogP contribution in [0.1, 0.15) is 0 Å². The van der Waals surface area contributed by atoms with Crippen LogP contribution in [0.25, 0.3) is 127 Å². The average molecular weight is 778 g/mol. The van der Waals surface area contributed by atoms with Crippen LogP contribution in [-0.2, 0) is 0 Å². The molecule has 10 aromatic carbocycles. The van der Waals surface area contributed by atoms with E-state index in [4.69, 9.17) is 8.83 Å². The quantitative estimate of drug-likeness (QED) is 0.163. The van der Waals surface area contributed by atoms with Crippen molar-refractivity contribution in [1.29, 1.82) is 0 Å². The smallest absolute Gasteiger partial charge is 0.147 e. The minimum atomic E-state index is 0.807. The van der Waals surface area contributed by atoms with E-state index in [1.807, 2.05) is 6.07 Å². The highest BCUT2D eigenvalue weighted by Gasteiger charge is 2.24. The number of furan rings is 2. The molecule has 0 saturated carbocycles. The first-order valence-corrected chi connectivity index (χ1v) is 20.8. The minimum Gasteiger partial charge on any atom is -0.456 e. The SMILES string of the molecule is c1ccc(-c2oc3c(ccc4oc5cc(-c6c7ccccc7c(-c7ccc8c(c7)c7ccccc7n8-c7ccccc7)c7ccccc67)ccc5c43)c2-c2ccccc2)cc1. The number of hydrogen-bond acceptors (Lipinski definition) is 2. The summed E-state index contributed by atoms with van der Waals surface area (Å²) in [6, 6.07) is 76.0. The van der Waals surface area contributed by atoms with E-state index in [9.17, 15) is 0 Å². The Morgan fingerprint density at radius 2 is 0.820 bits per heavy atom. The molecule has 0 radical (unpaired) electrons. The standard InChI is InChI=1S/C58H35NO2/c1-4-16-36(17-5-1)55-47-31-33-51-56(58(47)61-57(55)37-18-6-2-7-19-37)46-30-28-39(35-52(46)60-51)54-44-25-12-10-23-42(44)53(43-24-11-13-26-45(43)54)38-29-32-50-48(34-38)41-22-14-15-27-49(41)59(50)40-20-8-3-9-21-40/h1-35H. The molecule has 0 fully saturated rings. The molecule has 0 aliphatic carbocycles. The first kappa shape index (κ1) is 33.8. The lowest BCUT2D eigenvalue weighted by Crippen LogP contribution is -1.93. The Labute approximate surface area is 350 Å².